The molecule has 4 aromatic rings. The largest absolute Gasteiger partial charge is 0.493 e. The third-order valence-electron chi connectivity index (χ3n) is 5.76. The minimum Gasteiger partial charge on any atom is -0.493 e. The van der Waals surface area contributed by atoms with Crippen LogP contribution in [0.25, 0.3) is 16.6 Å². The Bertz CT molecular complexity index is 1600. The third-order valence-corrected chi connectivity index (χ3v) is 6.93. The number of nitrogens with zero attached hydrogens (tertiary/aromatic N) is 2. The number of carbonyl (C=O) groups excluding carboxylic acids is 1. The van der Waals surface area contributed by atoms with Crippen LogP contribution in [0, 0.1) is 0 Å². The fraction of sp³-hybridized carbons (Fsp3) is 0.222. The number of alkyl halides is 3. The van der Waals surface area contributed by atoms with Crippen molar-refractivity contribution in [1.82, 2.24) is 9.55 Å². The summed E-state index contributed by atoms with van der Waals surface area (Å²) in [4.78, 5) is 30.6. The molecule has 8 nitrogen and oxygen atoms in total. The van der Waals surface area contributed by atoms with E-state index in [1.165, 1.54) is 57.7 Å². The maximum absolute atomic E-state index is 13.9. The molecule has 0 atom stereocenters. The smallest absolute Gasteiger partial charge is 0.418 e. The van der Waals surface area contributed by atoms with Crippen LogP contribution in [0.4, 0.5) is 18.9 Å². The molecule has 0 saturated heterocycles. The van der Waals surface area contributed by atoms with Crippen LogP contribution in [0.2, 0.25) is 5.02 Å². The molecule has 13 heteroatoms. The molecule has 0 aliphatic rings. The number of hydrogen-bond donors (Lipinski definition) is 1. The molecule has 1 aromatic heterocycles. The quantitative estimate of drug-likeness (QED) is 0.182. The van der Waals surface area contributed by atoms with Gasteiger partial charge in [-0.05, 0) is 30.3 Å². The molecule has 3 aromatic carbocycles. The molecule has 0 unspecified atom stereocenters. The van der Waals surface area contributed by atoms with Gasteiger partial charge in [0.25, 0.3) is 5.56 Å². The maximum Gasteiger partial charge on any atom is 0.418 e. The Morgan fingerprint density at radius 3 is 2.33 bits per heavy atom. The van der Waals surface area contributed by atoms with Crippen molar-refractivity contribution in [2.75, 3.05) is 32.4 Å². The molecule has 40 heavy (non-hydrogen) atoms. The van der Waals surface area contributed by atoms with Crippen LogP contribution >= 0.6 is 23.4 Å². The number of methoxy groups -OCH3 is 3. The lowest BCUT2D eigenvalue weighted by atomic mass is 10.1. The average Bonchev–Trinajstić information content (AvgIpc) is 2.92. The zero-order valence-electron chi connectivity index (χ0n) is 21.5. The van der Waals surface area contributed by atoms with E-state index in [1.54, 1.807) is 12.1 Å². The van der Waals surface area contributed by atoms with E-state index >= 15 is 0 Å². The predicted octanol–water partition coefficient (Wildman–Crippen LogP) is 6.20. The van der Waals surface area contributed by atoms with Gasteiger partial charge in [-0.1, -0.05) is 35.5 Å². The topological polar surface area (TPSA) is 91.7 Å². The number of thioether (sulfide) groups is 1. The average molecular weight is 594 g/mol. The van der Waals surface area contributed by atoms with Gasteiger partial charge >= 0.3 is 6.18 Å². The van der Waals surface area contributed by atoms with Crippen molar-refractivity contribution in [2.24, 2.45) is 0 Å². The van der Waals surface area contributed by atoms with Crippen molar-refractivity contribution < 1.29 is 32.2 Å². The Morgan fingerprint density at radius 1 is 1.02 bits per heavy atom. The van der Waals surface area contributed by atoms with E-state index < -0.39 is 17.3 Å². The predicted molar refractivity (Wildman–Crippen MR) is 147 cm³/mol. The Labute approximate surface area is 236 Å². The summed E-state index contributed by atoms with van der Waals surface area (Å²) in [6.45, 7) is 0. The normalized spacial score (nSPS) is 11.4. The highest BCUT2D eigenvalue weighted by Crippen LogP contribution is 2.40. The zero-order valence-corrected chi connectivity index (χ0v) is 23.0. The van der Waals surface area contributed by atoms with E-state index in [0.29, 0.717) is 22.9 Å². The summed E-state index contributed by atoms with van der Waals surface area (Å²) in [6, 6.07) is 12.3. The number of anilines is 1. The molecule has 1 amide bonds. The van der Waals surface area contributed by atoms with Crippen molar-refractivity contribution in [1.29, 1.82) is 0 Å². The van der Waals surface area contributed by atoms with Gasteiger partial charge in [0.15, 0.2) is 16.7 Å². The van der Waals surface area contributed by atoms with Crippen molar-refractivity contribution in [2.45, 2.75) is 17.8 Å². The van der Waals surface area contributed by atoms with Gasteiger partial charge < -0.3 is 19.5 Å². The lowest BCUT2D eigenvalue weighted by Gasteiger charge is -2.18. The van der Waals surface area contributed by atoms with Crippen LogP contribution in [-0.2, 0) is 11.0 Å². The Morgan fingerprint density at radius 2 is 1.70 bits per heavy atom. The molecule has 0 radical (unpaired) electrons. The SMILES string of the molecule is COc1cc(NC(=O)CCSc2nc3ccc(Cl)cc3c(=O)n2-c2ccccc2C(F)(F)F)cc(OC)c1OC. The fourth-order valence-corrected chi connectivity index (χ4v) is 5.08. The first-order valence-electron chi connectivity index (χ1n) is 11.7. The molecule has 210 valence electrons. The Hall–Kier alpha value is -3.90. The molecule has 0 spiro atoms. The van der Waals surface area contributed by atoms with Gasteiger partial charge in [0.2, 0.25) is 11.7 Å². The summed E-state index contributed by atoms with van der Waals surface area (Å²) in [5, 5.41) is 3.03. The zero-order chi connectivity index (χ0) is 29.0. The highest BCUT2D eigenvalue weighted by atomic mass is 35.5. The van der Waals surface area contributed by atoms with Crippen LogP contribution in [0.5, 0.6) is 17.2 Å². The van der Waals surface area contributed by atoms with E-state index in [2.05, 4.69) is 10.3 Å². The molecule has 0 aliphatic heterocycles. The first-order chi connectivity index (χ1) is 19.1. The minimum absolute atomic E-state index is 0.00268. The number of nitrogens with one attached hydrogen (secondary N) is 1. The molecular weight excluding hydrogens is 571 g/mol. The minimum atomic E-state index is -4.72. The summed E-state index contributed by atoms with van der Waals surface area (Å²) in [5.74, 6) is 0.771. The van der Waals surface area contributed by atoms with Crippen LogP contribution in [-0.4, -0.2) is 42.5 Å². The van der Waals surface area contributed by atoms with E-state index in [0.717, 1.165) is 22.4 Å². The molecule has 4 rings (SSSR count). The van der Waals surface area contributed by atoms with Crippen LogP contribution in [0.1, 0.15) is 12.0 Å². The number of carbonyl (C=O) groups is 1. The number of hydrogen-bond acceptors (Lipinski definition) is 7. The number of ether oxygens (including phenoxy) is 3. The molecule has 0 fully saturated rings. The second kappa shape index (κ2) is 12.1. The van der Waals surface area contributed by atoms with Gasteiger partial charge in [0.1, 0.15) is 0 Å². The second-order valence-corrected chi connectivity index (χ2v) is 9.77. The van der Waals surface area contributed by atoms with Crippen molar-refractivity contribution in [3.05, 3.63) is 75.5 Å². The standard InChI is InChI=1S/C27H23ClF3N3O5S/c1-37-21-13-16(14-22(38-2)24(21)39-3)32-23(35)10-11-40-26-33-19-9-8-15(28)12-17(19)25(36)34(26)20-7-5-4-6-18(20)27(29,30)31/h4-9,12-14H,10-11H2,1-3H3,(H,32,35). The monoisotopic (exact) mass is 593 g/mol. The number of rotatable bonds is 9. The van der Waals surface area contributed by atoms with Gasteiger partial charge in [-0.3, -0.25) is 14.2 Å². The fourth-order valence-electron chi connectivity index (χ4n) is 3.97. The molecule has 0 saturated carbocycles. The van der Waals surface area contributed by atoms with Gasteiger partial charge in [-0.2, -0.15) is 13.2 Å². The third kappa shape index (κ3) is 6.13. The van der Waals surface area contributed by atoms with Crippen molar-refractivity contribution in [3.8, 4) is 22.9 Å². The summed E-state index contributed by atoms with van der Waals surface area (Å²) in [5.41, 5.74) is -1.43. The lowest BCUT2D eigenvalue weighted by Crippen LogP contribution is -2.25. The van der Waals surface area contributed by atoms with Crippen LogP contribution < -0.4 is 25.1 Å². The molecular formula is C27H23ClF3N3O5S. The lowest BCUT2D eigenvalue weighted by molar-refractivity contribution is -0.137. The number of para-hydroxylation sites is 1. The van der Waals surface area contributed by atoms with Gasteiger partial charge in [-0.25, -0.2) is 4.98 Å². The van der Waals surface area contributed by atoms with Crippen molar-refractivity contribution in [3.63, 3.8) is 0 Å². The number of halogens is 4. The summed E-state index contributed by atoms with van der Waals surface area (Å²) >= 11 is 7.02. The van der Waals surface area contributed by atoms with E-state index in [4.69, 9.17) is 25.8 Å². The maximum atomic E-state index is 13.9. The van der Waals surface area contributed by atoms with Crippen molar-refractivity contribution >= 4 is 45.9 Å². The second-order valence-electron chi connectivity index (χ2n) is 8.27. The van der Waals surface area contributed by atoms with E-state index in [9.17, 15) is 22.8 Å². The molecule has 0 aliphatic carbocycles. The van der Waals surface area contributed by atoms with Crippen LogP contribution in [0.15, 0.2) is 64.5 Å². The van der Waals surface area contributed by atoms with Crippen LogP contribution in [0.3, 0.4) is 0 Å². The Balaban J connectivity index is 1.64. The number of benzene rings is 3. The number of aromatic nitrogens is 2. The first-order valence-corrected chi connectivity index (χ1v) is 13.0. The highest BCUT2D eigenvalue weighted by Gasteiger charge is 2.34. The number of amides is 1. The Kier molecular flexibility index (Phi) is 8.79. The molecule has 1 N–H and O–H groups in total. The first kappa shape index (κ1) is 29.1. The number of fused-ring (bicyclic) bond motifs is 1. The van der Waals surface area contributed by atoms with E-state index in [1.807, 2.05) is 0 Å². The molecule has 1 heterocycles. The van der Waals surface area contributed by atoms with E-state index in [-0.39, 0.29) is 44.9 Å². The summed E-state index contributed by atoms with van der Waals surface area (Å²) in [7, 11) is 4.35. The highest BCUT2D eigenvalue weighted by molar-refractivity contribution is 7.99. The summed E-state index contributed by atoms with van der Waals surface area (Å²) in [6.07, 6.45) is -4.77. The van der Waals surface area contributed by atoms with Gasteiger partial charge in [-0.15, -0.1) is 0 Å². The summed E-state index contributed by atoms with van der Waals surface area (Å²) < 4.78 is 58.3. The van der Waals surface area contributed by atoms with Gasteiger partial charge in [0, 0.05) is 35.0 Å². The molecule has 0 bridgehead atoms. The van der Waals surface area contributed by atoms with Gasteiger partial charge in [0.05, 0.1) is 43.5 Å².